The first kappa shape index (κ1) is 13.2. The molecule has 0 fully saturated rings. The lowest BCUT2D eigenvalue weighted by molar-refractivity contribution is 0.455. The van der Waals surface area contributed by atoms with E-state index in [0.717, 1.165) is 0 Å². The molecule has 0 spiro atoms. The third-order valence-electron chi connectivity index (χ3n) is 2.18. The summed E-state index contributed by atoms with van der Waals surface area (Å²) in [6.07, 6.45) is 0. The number of furan rings is 1. The molecule has 2 aromatic rings. The van der Waals surface area contributed by atoms with Crippen molar-refractivity contribution < 1.29 is 22.0 Å². The summed E-state index contributed by atoms with van der Waals surface area (Å²) in [6.45, 7) is -0.0836. The van der Waals surface area contributed by atoms with Crippen LogP contribution in [0.4, 0.5) is 23.2 Å². The Morgan fingerprint density at radius 3 is 2.17 bits per heavy atom. The highest BCUT2D eigenvalue weighted by Gasteiger charge is 2.19. The van der Waals surface area contributed by atoms with Crippen LogP contribution in [0.1, 0.15) is 5.76 Å². The second-order valence-corrected chi connectivity index (χ2v) is 4.47. The standard InChI is InChI=1S/C11H6F4INO/c12-6-3-7(13)10(15)11(9(6)14)17-4-5-1-2-8(16)18-5/h1-3,17H,4H2. The molecule has 0 aliphatic heterocycles. The number of anilines is 1. The monoisotopic (exact) mass is 371 g/mol. The van der Waals surface area contributed by atoms with E-state index in [2.05, 4.69) is 5.32 Å². The Morgan fingerprint density at radius 1 is 1.06 bits per heavy atom. The van der Waals surface area contributed by atoms with Crippen LogP contribution in [0, 0.1) is 27.0 Å². The molecule has 18 heavy (non-hydrogen) atoms. The predicted molar refractivity (Wildman–Crippen MR) is 65.0 cm³/mol. The fraction of sp³-hybridized carbons (Fsp3) is 0.0909. The predicted octanol–water partition coefficient (Wildman–Crippen LogP) is 4.05. The van der Waals surface area contributed by atoms with E-state index in [1.54, 1.807) is 12.1 Å². The first-order chi connectivity index (χ1) is 8.49. The number of rotatable bonds is 3. The summed E-state index contributed by atoms with van der Waals surface area (Å²) in [7, 11) is 0. The summed E-state index contributed by atoms with van der Waals surface area (Å²) in [5, 5.41) is 2.27. The molecule has 0 atom stereocenters. The summed E-state index contributed by atoms with van der Waals surface area (Å²) < 4.78 is 58.1. The molecule has 0 aliphatic rings. The molecular weight excluding hydrogens is 365 g/mol. The van der Waals surface area contributed by atoms with Crippen molar-refractivity contribution in [3.8, 4) is 0 Å². The summed E-state index contributed by atoms with van der Waals surface area (Å²) >= 11 is 1.92. The maximum atomic E-state index is 13.3. The first-order valence-corrected chi connectivity index (χ1v) is 5.88. The van der Waals surface area contributed by atoms with Crippen LogP contribution in [0.15, 0.2) is 22.6 Å². The van der Waals surface area contributed by atoms with Crippen LogP contribution < -0.4 is 5.32 Å². The Kier molecular flexibility index (Phi) is 3.79. The van der Waals surface area contributed by atoms with E-state index in [1.807, 2.05) is 22.6 Å². The van der Waals surface area contributed by atoms with Gasteiger partial charge in [-0.25, -0.2) is 17.6 Å². The molecular formula is C11H6F4INO. The van der Waals surface area contributed by atoms with Crippen molar-refractivity contribution in [3.63, 3.8) is 0 Å². The highest BCUT2D eigenvalue weighted by atomic mass is 127. The van der Waals surface area contributed by atoms with Gasteiger partial charge in [0.2, 0.25) is 0 Å². The lowest BCUT2D eigenvalue weighted by atomic mass is 10.2. The third kappa shape index (κ3) is 2.60. The van der Waals surface area contributed by atoms with Gasteiger partial charge in [-0.1, -0.05) is 0 Å². The molecule has 0 bridgehead atoms. The molecule has 1 N–H and O–H groups in total. The van der Waals surface area contributed by atoms with Crippen LogP contribution in [0.2, 0.25) is 0 Å². The minimum atomic E-state index is -1.46. The average molecular weight is 371 g/mol. The van der Waals surface area contributed by atoms with E-state index in [1.165, 1.54) is 0 Å². The molecule has 0 aliphatic carbocycles. The Bertz CT molecular complexity index is 558. The smallest absolute Gasteiger partial charge is 0.185 e. The van der Waals surface area contributed by atoms with E-state index in [9.17, 15) is 17.6 Å². The molecule has 0 amide bonds. The zero-order chi connectivity index (χ0) is 13.3. The van der Waals surface area contributed by atoms with Crippen LogP contribution in [0.25, 0.3) is 0 Å². The van der Waals surface area contributed by atoms with Gasteiger partial charge in [-0.05, 0) is 34.7 Å². The zero-order valence-corrected chi connectivity index (χ0v) is 10.9. The second kappa shape index (κ2) is 5.17. The van der Waals surface area contributed by atoms with Gasteiger partial charge in [0, 0.05) is 6.07 Å². The number of nitrogens with one attached hydrogen (secondary N) is 1. The lowest BCUT2D eigenvalue weighted by Crippen LogP contribution is -2.06. The molecule has 1 aromatic carbocycles. The normalized spacial score (nSPS) is 10.7. The van der Waals surface area contributed by atoms with E-state index in [-0.39, 0.29) is 12.6 Å². The Balaban J connectivity index is 2.24. The molecule has 0 saturated carbocycles. The highest BCUT2D eigenvalue weighted by Crippen LogP contribution is 2.24. The SMILES string of the molecule is Fc1cc(F)c(F)c(NCc2ccc(I)o2)c1F. The number of hydrogen-bond donors (Lipinski definition) is 1. The van der Waals surface area contributed by atoms with E-state index in [0.29, 0.717) is 9.53 Å². The maximum absolute atomic E-state index is 13.3. The van der Waals surface area contributed by atoms with Gasteiger partial charge >= 0.3 is 0 Å². The van der Waals surface area contributed by atoms with E-state index in [4.69, 9.17) is 4.42 Å². The minimum Gasteiger partial charge on any atom is -0.454 e. The van der Waals surface area contributed by atoms with Crippen molar-refractivity contribution in [3.05, 3.63) is 51.0 Å². The third-order valence-corrected chi connectivity index (χ3v) is 2.76. The molecule has 1 heterocycles. The molecule has 96 valence electrons. The maximum Gasteiger partial charge on any atom is 0.185 e. The van der Waals surface area contributed by atoms with Gasteiger partial charge < -0.3 is 9.73 Å². The Labute approximate surface area is 113 Å². The fourth-order valence-corrected chi connectivity index (χ4v) is 1.81. The van der Waals surface area contributed by atoms with Crippen molar-refractivity contribution in [1.82, 2.24) is 0 Å². The molecule has 2 rings (SSSR count). The Morgan fingerprint density at radius 2 is 1.67 bits per heavy atom. The van der Waals surface area contributed by atoms with Gasteiger partial charge in [-0.3, -0.25) is 0 Å². The van der Waals surface area contributed by atoms with Gasteiger partial charge in [0.1, 0.15) is 11.4 Å². The molecule has 2 nitrogen and oxygen atoms in total. The minimum absolute atomic E-state index is 0.0836. The number of benzene rings is 1. The fourth-order valence-electron chi connectivity index (χ4n) is 1.35. The summed E-state index contributed by atoms with van der Waals surface area (Å²) in [4.78, 5) is 0. The summed E-state index contributed by atoms with van der Waals surface area (Å²) in [5.74, 6) is -5.44. The van der Waals surface area contributed by atoms with Gasteiger partial charge in [0.15, 0.2) is 27.0 Å². The van der Waals surface area contributed by atoms with Crippen molar-refractivity contribution in [2.24, 2.45) is 0 Å². The molecule has 0 saturated heterocycles. The largest absolute Gasteiger partial charge is 0.454 e. The number of hydrogen-bond acceptors (Lipinski definition) is 2. The molecule has 0 radical (unpaired) electrons. The van der Waals surface area contributed by atoms with Gasteiger partial charge in [-0.2, -0.15) is 0 Å². The number of halogens is 5. The van der Waals surface area contributed by atoms with Crippen LogP contribution in [0.5, 0.6) is 0 Å². The van der Waals surface area contributed by atoms with Crippen molar-refractivity contribution in [2.75, 3.05) is 5.32 Å². The van der Waals surface area contributed by atoms with Gasteiger partial charge in [0.05, 0.1) is 6.54 Å². The Hall–Kier alpha value is -1.25. The van der Waals surface area contributed by atoms with Crippen molar-refractivity contribution >= 4 is 28.3 Å². The van der Waals surface area contributed by atoms with Crippen molar-refractivity contribution in [1.29, 1.82) is 0 Å². The van der Waals surface area contributed by atoms with E-state index < -0.39 is 29.0 Å². The van der Waals surface area contributed by atoms with Crippen LogP contribution in [0.3, 0.4) is 0 Å². The molecule has 7 heteroatoms. The molecule has 0 unspecified atom stereocenters. The van der Waals surface area contributed by atoms with Gasteiger partial charge in [-0.15, -0.1) is 0 Å². The van der Waals surface area contributed by atoms with E-state index >= 15 is 0 Å². The summed E-state index contributed by atoms with van der Waals surface area (Å²) in [6, 6.07) is 3.39. The average Bonchev–Trinajstić information content (AvgIpc) is 2.73. The zero-order valence-electron chi connectivity index (χ0n) is 8.74. The lowest BCUT2D eigenvalue weighted by Gasteiger charge is -2.08. The van der Waals surface area contributed by atoms with Crippen LogP contribution >= 0.6 is 22.6 Å². The summed E-state index contributed by atoms with van der Waals surface area (Å²) in [5.41, 5.74) is -0.848. The highest BCUT2D eigenvalue weighted by molar-refractivity contribution is 14.1. The second-order valence-electron chi connectivity index (χ2n) is 3.40. The van der Waals surface area contributed by atoms with Crippen molar-refractivity contribution in [2.45, 2.75) is 6.54 Å². The molecule has 1 aromatic heterocycles. The van der Waals surface area contributed by atoms with Crippen LogP contribution in [-0.4, -0.2) is 0 Å². The topological polar surface area (TPSA) is 25.2 Å². The van der Waals surface area contributed by atoms with Gasteiger partial charge in [0.25, 0.3) is 0 Å². The van der Waals surface area contributed by atoms with Crippen LogP contribution in [-0.2, 0) is 6.54 Å². The first-order valence-electron chi connectivity index (χ1n) is 4.80. The quantitative estimate of drug-likeness (QED) is 0.500.